The van der Waals surface area contributed by atoms with Crippen LogP contribution in [0.4, 0.5) is 11.9 Å². The molecule has 0 saturated heterocycles. The molecule has 0 bridgehead atoms. The third-order valence-corrected chi connectivity index (χ3v) is 4.32. The second kappa shape index (κ2) is 6.03. The Kier molecular flexibility index (Phi) is 4.12. The average molecular weight is 291 g/mol. The lowest BCUT2D eigenvalue weighted by atomic mass is 10.0. The van der Waals surface area contributed by atoms with Gasteiger partial charge in [0.05, 0.1) is 6.61 Å². The fourth-order valence-corrected chi connectivity index (χ4v) is 2.77. The zero-order valence-corrected chi connectivity index (χ0v) is 13.0. The lowest BCUT2D eigenvalue weighted by molar-refractivity contribution is 0.292. The maximum absolute atomic E-state index is 5.55. The van der Waals surface area contributed by atoms with Crippen LogP contribution in [0.2, 0.25) is 0 Å². The van der Waals surface area contributed by atoms with Gasteiger partial charge in [-0.15, -0.1) is 0 Å². The Labute approximate surface area is 126 Å². The van der Waals surface area contributed by atoms with Gasteiger partial charge < -0.3 is 15.4 Å². The molecule has 6 nitrogen and oxygen atoms in total. The fourth-order valence-electron chi connectivity index (χ4n) is 2.77. The molecule has 0 atom stereocenters. The molecule has 1 heterocycles. The van der Waals surface area contributed by atoms with E-state index in [1.165, 1.54) is 25.7 Å². The summed E-state index contributed by atoms with van der Waals surface area (Å²) in [5.41, 5.74) is 0.523. The second-order valence-corrected chi connectivity index (χ2v) is 6.13. The molecule has 0 aromatic carbocycles. The molecule has 1 aromatic rings. The quantitative estimate of drug-likeness (QED) is 0.729. The minimum atomic E-state index is 0.404. The predicted octanol–water partition coefficient (Wildman–Crippen LogP) is 2.69. The highest BCUT2D eigenvalue weighted by Gasteiger charge is 2.53. The van der Waals surface area contributed by atoms with Gasteiger partial charge in [0.25, 0.3) is 0 Å². The molecule has 2 N–H and O–H groups in total. The molecule has 2 saturated carbocycles. The largest absolute Gasteiger partial charge is 0.463 e. The van der Waals surface area contributed by atoms with Crippen molar-refractivity contribution in [1.29, 1.82) is 0 Å². The van der Waals surface area contributed by atoms with Crippen LogP contribution in [0.5, 0.6) is 6.01 Å². The Morgan fingerprint density at radius 2 is 1.81 bits per heavy atom. The van der Waals surface area contributed by atoms with Crippen molar-refractivity contribution in [2.24, 2.45) is 11.3 Å². The Bertz CT molecular complexity index is 485. The van der Waals surface area contributed by atoms with Gasteiger partial charge in [0.2, 0.25) is 11.9 Å². The smallest absolute Gasteiger partial charge is 0.323 e. The highest BCUT2D eigenvalue weighted by Crippen LogP contribution is 2.61. The lowest BCUT2D eigenvalue weighted by Crippen LogP contribution is -2.19. The number of ether oxygens (including phenoxy) is 1. The minimum Gasteiger partial charge on any atom is -0.463 e. The van der Waals surface area contributed by atoms with Crippen LogP contribution in [-0.2, 0) is 0 Å². The van der Waals surface area contributed by atoms with Crippen molar-refractivity contribution in [2.75, 3.05) is 30.3 Å². The van der Waals surface area contributed by atoms with E-state index in [1.54, 1.807) is 0 Å². The number of hydrogen-bond acceptors (Lipinski definition) is 6. The molecule has 0 aliphatic heterocycles. The van der Waals surface area contributed by atoms with E-state index in [1.807, 2.05) is 6.92 Å². The standard InChI is InChI=1S/C15H25N5O/c1-3-9-21-14-19-12(16-4-2)18-13(20-14)17-10-15(7-8-15)11-5-6-11/h11H,3-10H2,1-2H3,(H2,16,17,18,19,20). The van der Waals surface area contributed by atoms with E-state index in [2.05, 4.69) is 32.5 Å². The van der Waals surface area contributed by atoms with Gasteiger partial charge >= 0.3 is 6.01 Å². The second-order valence-electron chi connectivity index (χ2n) is 6.13. The van der Waals surface area contributed by atoms with Crippen molar-refractivity contribution < 1.29 is 4.74 Å². The van der Waals surface area contributed by atoms with Crippen molar-refractivity contribution in [3.63, 3.8) is 0 Å². The van der Waals surface area contributed by atoms with Gasteiger partial charge in [0.15, 0.2) is 0 Å². The summed E-state index contributed by atoms with van der Waals surface area (Å²) in [7, 11) is 0. The molecule has 0 amide bonds. The first-order valence-corrected chi connectivity index (χ1v) is 8.12. The van der Waals surface area contributed by atoms with Crippen LogP contribution in [0.1, 0.15) is 46.0 Å². The van der Waals surface area contributed by atoms with Crippen LogP contribution in [-0.4, -0.2) is 34.6 Å². The summed E-state index contributed by atoms with van der Waals surface area (Å²) in [6.07, 6.45) is 6.42. The van der Waals surface area contributed by atoms with E-state index < -0.39 is 0 Å². The van der Waals surface area contributed by atoms with Crippen molar-refractivity contribution in [2.45, 2.75) is 46.0 Å². The average Bonchev–Trinajstić information content (AvgIpc) is 3.36. The first-order valence-electron chi connectivity index (χ1n) is 8.12. The van der Waals surface area contributed by atoms with E-state index in [-0.39, 0.29) is 0 Å². The molecule has 116 valence electrons. The number of nitrogens with zero attached hydrogens (tertiary/aromatic N) is 3. The molecule has 2 aliphatic rings. The van der Waals surface area contributed by atoms with E-state index >= 15 is 0 Å². The zero-order valence-electron chi connectivity index (χ0n) is 13.0. The Balaban J connectivity index is 1.65. The normalized spacial score (nSPS) is 19.1. The number of aromatic nitrogens is 3. The maximum Gasteiger partial charge on any atom is 0.323 e. The molecule has 3 rings (SSSR count). The molecule has 1 aromatic heterocycles. The molecular formula is C15H25N5O. The van der Waals surface area contributed by atoms with Crippen LogP contribution < -0.4 is 15.4 Å². The van der Waals surface area contributed by atoms with Gasteiger partial charge in [-0.2, -0.15) is 15.0 Å². The molecule has 0 spiro atoms. The SMILES string of the molecule is CCCOc1nc(NCC)nc(NCC2(C3CC3)CC2)n1. The zero-order chi connectivity index (χ0) is 14.7. The fraction of sp³-hybridized carbons (Fsp3) is 0.800. The van der Waals surface area contributed by atoms with Gasteiger partial charge in [-0.3, -0.25) is 0 Å². The first kappa shape index (κ1) is 14.4. The first-order chi connectivity index (χ1) is 10.3. The molecule has 0 unspecified atom stereocenters. The third kappa shape index (κ3) is 3.54. The molecule has 2 fully saturated rings. The van der Waals surface area contributed by atoms with E-state index in [0.29, 0.717) is 29.9 Å². The van der Waals surface area contributed by atoms with Gasteiger partial charge in [-0.05, 0) is 50.4 Å². The number of rotatable bonds is 9. The van der Waals surface area contributed by atoms with E-state index in [9.17, 15) is 0 Å². The summed E-state index contributed by atoms with van der Waals surface area (Å²) in [6, 6.07) is 0.404. The highest BCUT2D eigenvalue weighted by atomic mass is 16.5. The molecular weight excluding hydrogens is 266 g/mol. The van der Waals surface area contributed by atoms with Crippen molar-refractivity contribution in [3.8, 4) is 6.01 Å². The topological polar surface area (TPSA) is 72.0 Å². The van der Waals surface area contributed by atoms with Crippen molar-refractivity contribution in [3.05, 3.63) is 0 Å². The molecule has 2 aliphatic carbocycles. The molecule has 21 heavy (non-hydrogen) atoms. The summed E-state index contributed by atoms with van der Waals surface area (Å²) in [4.78, 5) is 13.1. The molecule has 0 radical (unpaired) electrons. The van der Waals surface area contributed by atoms with Crippen LogP contribution in [0.3, 0.4) is 0 Å². The summed E-state index contributed by atoms with van der Waals surface area (Å²) in [5, 5.41) is 6.53. The maximum atomic E-state index is 5.55. The minimum absolute atomic E-state index is 0.404. The third-order valence-electron chi connectivity index (χ3n) is 4.32. The number of nitrogens with one attached hydrogen (secondary N) is 2. The summed E-state index contributed by atoms with van der Waals surface area (Å²) >= 11 is 0. The van der Waals surface area contributed by atoms with Crippen LogP contribution in [0.15, 0.2) is 0 Å². The van der Waals surface area contributed by atoms with Crippen LogP contribution >= 0.6 is 0 Å². The summed E-state index contributed by atoms with van der Waals surface area (Å²) < 4.78 is 5.55. The van der Waals surface area contributed by atoms with Crippen molar-refractivity contribution >= 4 is 11.9 Å². The van der Waals surface area contributed by atoms with Gasteiger partial charge in [-0.25, -0.2) is 0 Å². The van der Waals surface area contributed by atoms with Gasteiger partial charge in [0.1, 0.15) is 0 Å². The van der Waals surface area contributed by atoms with Crippen LogP contribution in [0, 0.1) is 11.3 Å². The molecule has 6 heteroatoms. The Morgan fingerprint density at radius 1 is 1.10 bits per heavy atom. The van der Waals surface area contributed by atoms with E-state index in [0.717, 1.165) is 25.4 Å². The lowest BCUT2D eigenvalue weighted by Gasteiger charge is -2.15. The summed E-state index contributed by atoms with van der Waals surface area (Å²) in [5.74, 6) is 2.13. The van der Waals surface area contributed by atoms with Crippen molar-refractivity contribution in [1.82, 2.24) is 15.0 Å². The highest BCUT2D eigenvalue weighted by molar-refractivity contribution is 5.36. The predicted molar refractivity (Wildman–Crippen MR) is 82.7 cm³/mol. The van der Waals surface area contributed by atoms with E-state index in [4.69, 9.17) is 4.74 Å². The van der Waals surface area contributed by atoms with Crippen LogP contribution in [0.25, 0.3) is 0 Å². The Morgan fingerprint density at radius 3 is 2.38 bits per heavy atom. The number of hydrogen-bond donors (Lipinski definition) is 2. The Hall–Kier alpha value is -1.59. The van der Waals surface area contributed by atoms with Gasteiger partial charge in [0, 0.05) is 13.1 Å². The monoisotopic (exact) mass is 291 g/mol. The van der Waals surface area contributed by atoms with Gasteiger partial charge in [-0.1, -0.05) is 6.92 Å². The summed E-state index contributed by atoms with van der Waals surface area (Å²) in [6.45, 7) is 6.47. The number of anilines is 2.